The summed E-state index contributed by atoms with van der Waals surface area (Å²) in [5.41, 5.74) is 32.3. The molecule has 0 N–H and O–H groups in total. The summed E-state index contributed by atoms with van der Waals surface area (Å²) < 4.78 is 0. The highest BCUT2D eigenvalue weighted by Crippen LogP contribution is 2.77. The van der Waals surface area contributed by atoms with Crippen molar-refractivity contribution in [2.75, 3.05) is 0 Å². The highest BCUT2D eigenvalue weighted by atomic mass is 16.1. The van der Waals surface area contributed by atoms with Crippen LogP contribution in [0.15, 0.2) is 364 Å². The van der Waals surface area contributed by atoms with Crippen LogP contribution in [0.1, 0.15) is 115 Å². The molecule has 6 aliphatic carbocycles. The number of ketones is 3. The molecule has 0 radical (unpaired) electrons. The zero-order chi connectivity index (χ0) is 69.4. The molecule has 6 aliphatic rings. The van der Waals surface area contributed by atoms with Crippen molar-refractivity contribution >= 4 is 17.3 Å². The molecule has 22 rings (SSSR count). The highest BCUT2D eigenvalue weighted by molar-refractivity contribution is 6.19. The first-order valence-corrected chi connectivity index (χ1v) is 36.3. The number of carbonyl (C=O) groups excluding carboxylic acids is 3. The monoisotopic (exact) mass is 1330 g/mol. The molecule has 16 aromatic carbocycles. The second-order valence-corrected chi connectivity index (χ2v) is 28.8. The summed E-state index contributed by atoms with van der Waals surface area (Å²) in [6.07, 6.45) is 0. The van der Waals surface area contributed by atoms with Crippen molar-refractivity contribution in [1.82, 2.24) is 0 Å². The van der Waals surface area contributed by atoms with Crippen molar-refractivity contribution in [2.45, 2.75) is 16.2 Å². The molecule has 3 heteroatoms. The van der Waals surface area contributed by atoms with Crippen molar-refractivity contribution in [3.05, 3.63) is 464 Å². The maximum absolute atomic E-state index is 16.3. The molecule has 0 amide bonds. The first-order valence-electron chi connectivity index (χ1n) is 36.3. The lowest BCUT2D eigenvalue weighted by molar-refractivity contribution is 0.103. The zero-order valence-corrected chi connectivity index (χ0v) is 56.9. The molecule has 0 saturated heterocycles. The topological polar surface area (TPSA) is 51.2 Å². The largest absolute Gasteiger partial charge is 0.289 e. The summed E-state index contributed by atoms with van der Waals surface area (Å²) >= 11 is 0. The molecule has 3 nitrogen and oxygen atoms in total. The van der Waals surface area contributed by atoms with E-state index in [1.54, 1.807) is 0 Å². The Morgan fingerprint density at radius 1 is 0.171 bits per heavy atom. The van der Waals surface area contributed by atoms with Crippen molar-refractivity contribution in [3.63, 3.8) is 0 Å². The number of benzene rings is 16. The van der Waals surface area contributed by atoms with Crippen LogP contribution in [0.25, 0.3) is 100 Å². The van der Waals surface area contributed by atoms with Crippen LogP contribution in [-0.2, 0) is 16.2 Å². The molecule has 105 heavy (non-hydrogen) atoms. The van der Waals surface area contributed by atoms with Gasteiger partial charge in [-0.15, -0.1) is 0 Å². The predicted molar refractivity (Wildman–Crippen MR) is 421 cm³/mol. The molecule has 0 bridgehead atoms. The third-order valence-electron chi connectivity index (χ3n) is 24.1. The molecule has 0 saturated carbocycles. The van der Waals surface area contributed by atoms with Gasteiger partial charge in [-0.25, -0.2) is 0 Å². The van der Waals surface area contributed by atoms with Crippen molar-refractivity contribution in [2.24, 2.45) is 0 Å². The van der Waals surface area contributed by atoms with Gasteiger partial charge in [0.05, 0.1) is 16.2 Å². The Kier molecular flexibility index (Phi) is 12.4. The lowest BCUT2D eigenvalue weighted by Crippen LogP contribution is -2.31. The van der Waals surface area contributed by atoms with Crippen LogP contribution in [0.4, 0.5) is 0 Å². The van der Waals surface area contributed by atoms with Gasteiger partial charge < -0.3 is 0 Å². The molecule has 0 unspecified atom stereocenters. The summed E-state index contributed by atoms with van der Waals surface area (Å²) in [4.78, 5) is 48.9. The standard InChI is InChI=1S/C102H60O3/c103-97(76-43-13-10-34-67(76)61-28-4-1-5-29-61)64-52-55-79-88(58-64)100(82-46-22-16-37-70(82)71-38-17-23-47-83(71)100)94-91(79)95-93(81-57-54-66(99(105)78-45-15-12-36-69(78)63-32-8-3-9-33-63)60-90(81)101(95)84-48-24-18-39-72(84)73-40-19-25-49-85(73)101)96-92(94)80-56-53-65(98(104)77-44-14-11-35-68(77)62-30-6-2-7-31-62)59-89(80)102(96)86-50-26-20-41-74(86)75-42-21-27-51-87(75)102/h1-60H. The summed E-state index contributed by atoms with van der Waals surface area (Å²) in [7, 11) is 0. The Morgan fingerprint density at radius 3 is 0.610 bits per heavy atom. The normalized spacial score (nSPS) is 14.1. The third kappa shape index (κ3) is 7.65. The van der Waals surface area contributed by atoms with E-state index in [9.17, 15) is 0 Å². The number of hydrogen-bond donors (Lipinski definition) is 0. The van der Waals surface area contributed by atoms with Gasteiger partial charge in [0.25, 0.3) is 0 Å². The maximum Gasteiger partial charge on any atom is 0.193 e. The first-order chi connectivity index (χ1) is 51.9. The van der Waals surface area contributed by atoms with Crippen LogP contribution in [-0.4, -0.2) is 17.3 Å². The fraction of sp³-hybridized carbons (Fsp3) is 0.0294. The molecule has 0 fully saturated rings. The molecule has 3 spiro atoms. The Hall–Kier alpha value is -13.5. The molecule has 0 aromatic heterocycles. The lowest BCUT2D eigenvalue weighted by Gasteiger charge is -2.37. The summed E-state index contributed by atoms with van der Waals surface area (Å²) in [5.74, 6) is -0.204. The second kappa shape index (κ2) is 22.0. The Bertz CT molecular complexity index is 5740. The van der Waals surface area contributed by atoms with Crippen LogP contribution in [0, 0.1) is 0 Å². The van der Waals surface area contributed by atoms with E-state index in [1.807, 2.05) is 109 Å². The molecule has 0 atom stereocenters. The highest BCUT2D eigenvalue weighted by Gasteiger charge is 2.65. The molecule has 16 aromatic rings. The molecule has 0 aliphatic heterocycles. The minimum absolute atomic E-state index is 0.0681. The van der Waals surface area contributed by atoms with Crippen molar-refractivity contribution in [3.8, 4) is 100 Å². The van der Waals surface area contributed by atoms with Gasteiger partial charge in [-0.1, -0.05) is 346 Å². The van der Waals surface area contributed by atoms with Crippen LogP contribution in [0.2, 0.25) is 0 Å². The molecular formula is C102H60O3. The van der Waals surface area contributed by atoms with E-state index in [2.05, 4.69) is 255 Å². The van der Waals surface area contributed by atoms with Gasteiger partial charge in [-0.3, -0.25) is 14.4 Å². The summed E-state index contributed by atoms with van der Waals surface area (Å²) in [6, 6.07) is 129. The second-order valence-electron chi connectivity index (χ2n) is 28.8. The Morgan fingerprint density at radius 2 is 0.371 bits per heavy atom. The predicted octanol–water partition coefficient (Wildman–Crippen LogP) is 23.4. The van der Waals surface area contributed by atoms with E-state index >= 15 is 14.4 Å². The van der Waals surface area contributed by atoms with E-state index in [-0.39, 0.29) is 17.3 Å². The van der Waals surface area contributed by atoms with Gasteiger partial charge in [0.2, 0.25) is 0 Å². The average Bonchev–Trinajstić information content (AvgIpc) is 1.45. The van der Waals surface area contributed by atoms with E-state index in [1.165, 1.54) is 0 Å². The van der Waals surface area contributed by atoms with Crippen molar-refractivity contribution < 1.29 is 14.4 Å². The van der Waals surface area contributed by atoms with Gasteiger partial charge in [0, 0.05) is 33.4 Å². The summed E-state index contributed by atoms with van der Waals surface area (Å²) in [5, 5.41) is 0. The third-order valence-corrected chi connectivity index (χ3v) is 24.1. The van der Waals surface area contributed by atoms with Gasteiger partial charge >= 0.3 is 0 Å². The number of fused-ring (bicyclic) bond motifs is 33. The van der Waals surface area contributed by atoms with Crippen molar-refractivity contribution in [1.29, 1.82) is 0 Å². The SMILES string of the molecule is O=C(c1ccc2c(c1)C1(c3ccccc3-c3ccccc31)c1c-2c2c(c3c1-c1ccc(C(=O)c4ccccc4-c4ccccc4)cc1C31c3ccccc3-c3ccccc31)-c1ccc(C(=O)c3ccccc3-c3ccccc3)cc1C21c2ccccc2-c2ccccc21)c1ccccc1-c1ccccc1. The van der Waals surface area contributed by atoms with Crippen LogP contribution >= 0.6 is 0 Å². The van der Waals surface area contributed by atoms with Gasteiger partial charge in [-0.2, -0.15) is 0 Å². The van der Waals surface area contributed by atoms with Gasteiger partial charge in [0.1, 0.15) is 0 Å². The van der Waals surface area contributed by atoms with Crippen LogP contribution in [0.3, 0.4) is 0 Å². The van der Waals surface area contributed by atoms with E-state index < -0.39 is 16.2 Å². The minimum Gasteiger partial charge on any atom is -0.289 e. The fourth-order valence-corrected chi connectivity index (χ4v) is 20.2. The molecule has 486 valence electrons. The minimum atomic E-state index is -1.08. The first kappa shape index (κ1) is 59.2. The smallest absolute Gasteiger partial charge is 0.193 e. The quantitative estimate of drug-likeness (QED) is 0.135. The van der Waals surface area contributed by atoms with Gasteiger partial charge in [0.15, 0.2) is 17.3 Å². The van der Waals surface area contributed by atoms with E-state index in [0.717, 1.165) is 167 Å². The van der Waals surface area contributed by atoms with Gasteiger partial charge in [-0.05, 0) is 185 Å². The molecule has 0 heterocycles. The maximum atomic E-state index is 16.3. The van der Waals surface area contributed by atoms with Crippen LogP contribution < -0.4 is 0 Å². The van der Waals surface area contributed by atoms with Crippen LogP contribution in [0.5, 0.6) is 0 Å². The van der Waals surface area contributed by atoms with E-state index in [4.69, 9.17) is 0 Å². The Balaban J connectivity index is 0.937. The molecular weight excluding hydrogens is 1270 g/mol. The fourth-order valence-electron chi connectivity index (χ4n) is 20.2. The Labute approximate surface area is 608 Å². The number of hydrogen-bond acceptors (Lipinski definition) is 3. The average molecular weight is 1330 g/mol. The number of rotatable bonds is 9. The summed E-state index contributed by atoms with van der Waals surface area (Å²) in [6.45, 7) is 0. The van der Waals surface area contributed by atoms with E-state index in [0.29, 0.717) is 33.4 Å². The lowest BCUT2D eigenvalue weighted by atomic mass is 9.63. The zero-order valence-electron chi connectivity index (χ0n) is 56.9. The number of carbonyl (C=O) groups is 3.